The molecule has 0 saturated heterocycles. The van der Waals surface area contributed by atoms with Crippen LogP contribution in [0.5, 0.6) is 0 Å². The van der Waals surface area contributed by atoms with Gasteiger partial charge in [0.1, 0.15) is 12.9 Å². The van der Waals surface area contributed by atoms with Crippen LogP contribution in [-0.2, 0) is 16.0 Å². The highest BCUT2D eigenvalue weighted by atomic mass is 16.5. The molecule has 0 saturated carbocycles. The Kier molecular flexibility index (Phi) is 5.12. The summed E-state index contributed by atoms with van der Waals surface area (Å²) in [6.07, 6.45) is 5.59. The highest BCUT2D eigenvalue weighted by Gasteiger charge is 2.13. The molecule has 25 heavy (non-hydrogen) atoms. The maximum atomic E-state index is 11.9. The highest BCUT2D eigenvalue weighted by molar-refractivity contribution is 5.69. The highest BCUT2D eigenvalue weighted by Crippen LogP contribution is 2.15. The number of esters is 1. The van der Waals surface area contributed by atoms with Crippen LogP contribution in [0.1, 0.15) is 23.4 Å². The number of carbonyl (C=O) groups excluding carboxylic acids is 1. The van der Waals surface area contributed by atoms with Gasteiger partial charge in [0.15, 0.2) is 0 Å². The number of anilines is 1. The second-order valence-corrected chi connectivity index (χ2v) is 5.45. The van der Waals surface area contributed by atoms with E-state index in [0.29, 0.717) is 24.7 Å². The summed E-state index contributed by atoms with van der Waals surface area (Å²) in [5.74, 6) is 0.820. The number of fused-ring (bicyclic) bond motifs is 1. The average molecular weight is 341 g/mol. The van der Waals surface area contributed by atoms with Gasteiger partial charge in [-0.15, -0.1) is 0 Å². The lowest BCUT2D eigenvalue weighted by atomic mass is 10.1. The molecule has 3 aromatic heterocycles. The summed E-state index contributed by atoms with van der Waals surface area (Å²) in [6.45, 7) is 4.57. The molecule has 0 amide bonds. The first-order valence-electron chi connectivity index (χ1n) is 7.97. The molecule has 0 aliphatic heterocycles. The summed E-state index contributed by atoms with van der Waals surface area (Å²) in [4.78, 5) is 28.5. The molecule has 0 radical (unpaired) electrons. The zero-order chi connectivity index (χ0) is 17.6. The quantitative estimate of drug-likeness (QED) is 0.503. The van der Waals surface area contributed by atoms with E-state index in [9.17, 15) is 4.79 Å². The maximum Gasteiger partial charge on any atom is 0.306 e. The van der Waals surface area contributed by atoms with Gasteiger partial charge in [0.25, 0.3) is 5.78 Å². The topological polar surface area (TPSA) is 107 Å². The van der Waals surface area contributed by atoms with E-state index < -0.39 is 0 Å². The third-order valence-electron chi connectivity index (χ3n) is 3.78. The Morgan fingerprint density at radius 2 is 2.04 bits per heavy atom. The predicted octanol–water partition coefficient (Wildman–Crippen LogP) is 1.12. The number of ether oxygens (including phenoxy) is 1. The molecule has 3 aromatic rings. The number of hydrogen-bond donors (Lipinski definition) is 1. The van der Waals surface area contributed by atoms with E-state index in [-0.39, 0.29) is 19.0 Å². The maximum absolute atomic E-state index is 11.9. The molecule has 0 aromatic carbocycles. The number of carbonyl (C=O) groups is 1. The number of nitrogens with zero attached hydrogens (tertiary/aromatic N) is 6. The van der Waals surface area contributed by atoms with Crippen molar-refractivity contribution in [2.45, 2.75) is 26.7 Å². The van der Waals surface area contributed by atoms with Gasteiger partial charge < -0.3 is 10.1 Å². The lowest BCUT2D eigenvalue weighted by Gasteiger charge is -2.10. The summed E-state index contributed by atoms with van der Waals surface area (Å²) >= 11 is 0. The van der Waals surface area contributed by atoms with Crippen molar-refractivity contribution in [2.24, 2.45) is 0 Å². The molecule has 0 fully saturated rings. The van der Waals surface area contributed by atoms with Crippen LogP contribution in [0.2, 0.25) is 0 Å². The minimum absolute atomic E-state index is 0.256. The second kappa shape index (κ2) is 7.65. The van der Waals surface area contributed by atoms with Crippen LogP contribution in [0.4, 0.5) is 5.95 Å². The first kappa shape index (κ1) is 16.7. The first-order valence-corrected chi connectivity index (χ1v) is 7.97. The number of aromatic nitrogens is 6. The van der Waals surface area contributed by atoms with Crippen molar-refractivity contribution >= 4 is 17.7 Å². The van der Waals surface area contributed by atoms with Crippen LogP contribution in [0.15, 0.2) is 24.8 Å². The van der Waals surface area contributed by atoms with Crippen LogP contribution < -0.4 is 5.32 Å². The van der Waals surface area contributed by atoms with Crippen molar-refractivity contribution in [1.82, 2.24) is 29.5 Å². The van der Waals surface area contributed by atoms with Crippen molar-refractivity contribution in [2.75, 3.05) is 18.5 Å². The molecule has 0 atom stereocenters. The fourth-order valence-electron chi connectivity index (χ4n) is 2.53. The van der Waals surface area contributed by atoms with Crippen molar-refractivity contribution in [1.29, 1.82) is 0 Å². The third-order valence-corrected chi connectivity index (χ3v) is 3.78. The normalized spacial score (nSPS) is 10.8. The number of rotatable bonds is 7. The zero-order valence-electron chi connectivity index (χ0n) is 14.1. The van der Waals surface area contributed by atoms with Crippen LogP contribution >= 0.6 is 0 Å². The van der Waals surface area contributed by atoms with E-state index in [4.69, 9.17) is 4.74 Å². The number of hydrogen-bond acceptors (Lipinski definition) is 8. The Balaban J connectivity index is 1.47. The van der Waals surface area contributed by atoms with E-state index in [1.165, 1.54) is 6.33 Å². The molecular weight excluding hydrogens is 322 g/mol. The van der Waals surface area contributed by atoms with E-state index in [1.807, 2.05) is 13.8 Å². The summed E-state index contributed by atoms with van der Waals surface area (Å²) in [5, 5.41) is 7.12. The Bertz CT molecular complexity index is 864. The predicted molar refractivity (Wildman–Crippen MR) is 90.1 cm³/mol. The Hall–Kier alpha value is -3.10. The summed E-state index contributed by atoms with van der Waals surface area (Å²) in [6, 6.07) is 1.74. The largest absolute Gasteiger partial charge is 0.464 e. The average Bonchev–Trinajstić information content (AvgIpc) is 3.08. The summed E-state index contributed by atoms with van der Waals surface area (Å²) in [7, 11) is 0. The smallest absolute Gasteiger partial charge is 0.306 e. The van der Waals surface area contributed by atoms with E-state index >= 15 is 0 Å². The summed E-state index contributed by atoms with van der Waals surface area (Å²) < 4.78 is 6.90. The minimum atomic E-state index is -0.256. The van der Waals surface area contributed by atoms with E-state index in [1.54, 1.807) is 23.0 Å². The molecule has 9 nitrogen and oxygen atoms in total. The molecule has 0 aliphatic rings. The van der Waals surface area contributed by atoms with Crippen LogP contribution in [-0.4, -0.2) is 48.7 Å². The van der Waals surface area contributed by atoms with Crippen molar-refractivity contribution in [3.8, 4) is 0 Å². The molecule has 0 aliphatic carbocycles. The molecule has 3 rings (SSSR count). The van der Waals surface area contributed by atoms with Crippen molar-refractivity contribution in [3.05, 3.63) is 41.7 Å². The van der Waals surface area contributed by atoms with Crippen LogP contribution in [0, 0.1) is 13.8 Å². The fraction of sp³-hybridized carbons (Fsp3) is 0.375. The molecule has 130 valence electrons. The van der Waals surface area contributed by atoms with Crippen LogP contribution in [0.25, 0.3) is 5.78 Å². The molecule has 0 unspecified atom stereocenters. The van der Waals surface area contributed by atoms with Gasteiger partial charge in [0.2, 0.25) is 5.95 Å². The molecule has 0 bridgehead atoms. The lowest BCUT2D eigenvalue weighted by molar-refractivity contribution is -0.143. The van der Waals surface area contributed by atoms with Crippen molar-refractivity contribution < 1.29 is 9.53 Å². The van der Waals surface area contributed by atoms with Crippen LogP contribution in [0.3, 0.4) is 0 Å². The summed E-state index contributed by atoms with van der Waals surface area (Å²) in [5.41, 5.74) is 2.79. The molecule has 0 spiro atoms. The van der Waals surface area contributed by atoms with Gasteiger partial charge in [0.05, 0.1) is 6.54 Å². The lowest BCUT2D eigenvalue weighted by Crippen LogP contribution is -2.16. The van der Waals surface area contributed by atoms with Gasteiger partial charge in [-0.2, -0.15) is 10.1 Å². The Morgan fingerprint density at radius 3 is 2.84 bits per heavy atom. The molecule has 1 N–H and O–H groups in total. The van der Waals surface area contributed by atoms with Gasteiger partial charge in [0, 0.05) is 30.2 Å². The standard InChI is InChI=1S/C16H19N7O2/c1-11-13(12(2)23-16(22-11)20-10-21-23)4-5-14(24)25-9-8-19-15-17-6-3-7-18-15/h3,6-7,10H,4-5,8-9H2,1-2H3,(H,17,18,19). The number of nitrogens with one attached hydrogen (secondary N) is 1. The third kappa shape index (κ3) is 4.06. The Labute approximate surface area is 144 Å². The SMILES string of the molecule is Cc1nc2ncnn2c(C)c1CCC(=O)OCCNc1ncccn1. The Morgan fingerprint density at radius 1 is 1.24 bits per heavy atom. The minimum Gasteiger partial charge on any atom is -0.464 e. The van der Waals surface area contributed by atoms with Gasteiger partial charge in [-0.3, -0.25) is 4.79 Å². The number of aryl methyl sites for hydroxylation is 2. The zero-order valence-corrected chi connectivity index (χ0v) is 14.1. The molecule has 3 heterocycles. The van der Waals surface area contributed by atoms with Gasteiger partial charge in [-0.25, -0.2) is 19.5 Å². The fourth-order valence-corrected chi connectivity index (χ4v) is 2.53. The van der Waals surface area contributed by atoms with Gasteiger partial charge in [-0.1, -0.05) is 0 Å². The monoisotopic (exact) mass is 341 g/mol. The van der Waals surface area contributed by atoms with Crippen molar-refractivity contribution in [3.63, 3.8) is 0 Å². The van der Waals surface area contributed by atoms with E-state index in [2.05, 4.69) is 30.4 Å². The molecule has 9 heteroatoms. The second-order valence-electron chi connectivity index (χ2n) is 5.45. The van der Waals surface area contributed by atoms with E-state index in [0.717, 1.165) is 17.0 Å². The first-order chi connectivity index (χ1) is 12.1. The van der Waals surface area contributed by atoms with Gasteiger partial charge in [-0.05, 0) is 31.9 Å². The molecular formula is C16H19N7O2. The van der Waals surface area contributed by atoms with Gasteiger partial charge >= 0.3 is 5.97 Å².